The fourth-order valence-electron chi connectivity index (χ4n) is 3.13. The number of rotatable bonds is 8. The molecule has 0 unspecified atom stereocenters. The third kappa shape index (κ3) is 5.73. The van der Waals surface area contributed by atoms with Crippen molar-refractivity contribution in [1.29, 1.82) is 0 Å². The smallest absolute Gasteiger partial charge is 0.339 e. The summed E-state index contributed by atoms with van der Waals surface area (Å²) in [4.78, 5) is 29.1. The zero-order valence-electron chi connectivity index (χ0n) is 17.9. The molecule has 0 N–H and O–H groups in total. The predicted octanol–water partition coefficient (Wildman–Crippen LogP) is 5.15. The van der Waals surface area contributed by atoms with Crippen LogP contribution >= 0.6 is 0 Å². The van der Waals surface area contributed by atoms with Crippen LogP contribution < -0.4 is 0 Å². The van der Waals surface area contributed by atoms with Crippen LogP contribution in [0.2, 0.25) is 0 Å². The van der Waals surface area contributed by atoms with Crippen molar-refractivity contribution >= 4 is 11.6 Å². The van der Waals surface area contributed by atoms with E-state index in [1.165, 1.54) is 36.4 Å². The van der Waals surface area contributed by atoms with E-state index in [2.05, 4.69) is 10.1 Å². The van der Waals surface area contributed by atoms with Crippen molar-refractivity contribution in [3.05, 3.63) is 75.7 Å². The second-order valence-electron chi connectivity index (χ2n) is 7.40. The van der Waals surface area contributed by atoms with E-state index in [0.717, 1.165) is 12.1 Å². The molecule has 1 aromatic heterocycles. The van der Waals surface area contributed by atoms with Crippen LogP contribution in [0.5, 0.6) is 0 Å². The van der Waals surface area contributed by atoms with E-state index in [0.29, 0.717) is 12.0 Å². The Morgan fingerprint density at radius 3 is 2.33 bits per heavy atom. The van der Waals surface area contributed by atoms with Crippen molar-refractivity contribution in [2.24, 2.45) is 0 Å². The molecular formula is C22H21F3N4O4. The van der Waals surface area contributed by atoms with E-state index in [1.54, 1.807) is 4.90 Å². The van der Waals surface area contributed by atoms with E-state index in [4.69, 9.17) is 4.52 Å². The molecule has 0 aliphatic carbocycles. The van der Waals surface area contributed by atoms with Gasteiger partial charge in [0.2, 0.25) is 11.7 Å². The average molecular weight is 462 g/mol. The summed E-state index contributed by atoms with van der Waals surface area (Å²) in [6.07, 6.45) is -3.60. The van der Waals surface area contributed by atoms with E-state index in [9.17, 15) is 28.1 Å². The number of halogens is 3. The molecule has 33 heavy (non-hydrogen) atoms. The zero-order valence-corrected chi connectivity index (χ0v) is 17.9. The Bertz CT molecular complexity index is 1110. The predicted molar refractivity (Wildman–Crippen MR) is 112 cm³/mol. The minimum Gasteiger partial charge on any atom is -0.339 e. The minimum absolute atomic E-state index is 0.0616. The van der Waals surface area contributed by atoms with Crippen LogP contribution in [0.3, 0.4) is 0 Å². The van der Waals surface area contributed by atoms with Crippen molar-refractivity contribution < 1.29 is 27.4 Å². The summed E-state index contributed by atoms with van der Waals surface area (Å²) in [7, 11) is 0. The molecule has 0 fully saturated rings. The minimum atomic E-state index is -4.47. The summed E-state index contributed by atoms with van der Waals surface area (Å²) in [5.41, 5.74) is -0.192. The fourth-order valence-corrected chi connectivity index (χ4v) is 3.13. The maximum atomic E-state index is 13.0. The van der Waals surface area contributed by atoms with Gasteiger partial charge in [0.1, 0.15) is 0 Å². The summed E-state index contributed by atoms with van der Waals surface area (Å²) in [5.74, 6) is 0.120. The number of alkyl halides is 3. The Hall–Kier alpha value is -3.76. The fraction of sp³-hybridized carbons (Fsp3) is 0.318. The molecule has 0 saturated heterocycles. The van der Waals surface area contributed by atoms with Gasteiger partial charge in [-0.2, -0.15) is 18.2 Å². The van der Waals surface area contributed by atoms with Crippen LogP contribution in [0.1, 0.15) is 42.1 Å². The first kappa shape index (κ1) is 23.9. The molecule has 8 nitrogen and oxygen atoms in total. The Morgan fingerprint density at radius 2 is 1.79 bits per heavy atom. The molecule has 1 amide bonds. The standard InChI is InChI=1S/C22H21F3N4O4/c1-3-14(2)28(21(30)16-4-8-17(9-5-16)22(23,24)25)13-12-19-26-20(27-33-19)15-6-10-18(11-7-15)29(31)32/h4-11,14H,3,12-13H2,1-2H3/t14-/m0/s1. The van der Waals surface area contributed by atoms with Crippen LogP contribution in [-0.2, 0) is 12.6 Å². The number of hydrogen-bond acceptors (Lipinski definition) is 6. The number of carbonyl (C=O) groups is 1. The largest absolute Gasteiger partial charge is 0.416 e. The van der Waals surface area contributed by atoms with Gasteiger partial charge in [-0.15, -0.1) is 0 Å². The first-order chi connectivity index (χ1) is 15.6. The summed E-state index contributed by atoms with van der Waals surface area (Å²) < 4.78 is 43.6. The summed E-state index contributed by atoms with van der Waals surface area (Å²) in [6.45, 7) is 3.96. The molecule has 1 heterocycles. The molecule has 0 bridgehead atoms. The summed E-state index contributed by atoms with van der Waals surface area (Å²) in [6, 6.07) is 9.61. The molecule has 0 aliphatic rings. The lowest BCUT2D eigenvalue weighted by atomic mass is 10.1. The topological polar surface area (TPSA) is 102 Å². The van der Waals surface area contributed by atoms with E-state index in [1.807, 2.05) is 13.8 Å². The van der Waals surface area contributed by atoms with Crippen LogP contribution in [0.15, 0.2) is 53.1 Å². The van der Waals surface area contributed by atoms with E-state index < -0.39 is 22.6 Å². The van der Waals surface area contributed by atoms with Gasteiger partial charge in [-0.25, -0.2) is 0 Å². The van der Waals surface area contributed by atoms with Gasteiger partial charge in [-0.1, -0.05) is 12.1 Å². The molecule has 174 valence electrons. The first-order valence-electron chi connectivity index (χ1n) is 10.2. The second-order valence-corrected chi connectivity index (χ2v) is 7.40. The number of benzene rings is 2. The first-order valence-corrected chi connectivity index (χ1v) is 10.2. The highest BCUT2D eigenvalue weighted by molar-refractivity contribution is 5.94. The molecule has 3 aromatic rings. The van der Waals surface area contributed by atoms with Gasteiger partial charge < -0.3 is 9.42 Å². The molecule has 3 rings (SSSR count). The van der Waals surface area contributed by atoms with Gasteiger partial charge >= 0.3 is 6.18 Å². The number of aromatic nitrogens is 2. The van der Waals surface area contributed by atoms with E-state index in [-0.39, 0.29) is 42.0 Å². The lowest BCUT2D eigenvalue weighted by Crippen LogP contribution is -2.39. The van der Waals surface area contributed by atoms with Gasteiger partial charge in [-0.3, -0.25) is 14.9 Å². The highest BCUT2D eigenvalue weighted by Gasteiger charge is 2.30. The van der Waals surface area contributed by atoms with E-state index >= 15 is 0 Å². The molecule has 0 aliphatic heterocycles. The Balaban J connectivity index is 1.71. The number of non-ortho nitro benzene ring substituents is 1. The number of nitro groups is 1. The SMILES string of the molecule is CC[C@H](C)N(CCc1nc(-c2ccc([N+](=O)[O-])cc2)no1)C(=O)c1ccc(C(F)(F)F)cc1. The number of hydrogen-bond donors (Lipinski definition) is 0. The lowest BCUT2D eigenvalue weighted by Gasteiger charge is -2.28. The van der Waals surface area contributed by atoms with Gasteiger partial charge in [0.05, 0.1) is 10.5 Å². The molecular weight excluding hydrogens is 441 g/mol. The quantitative estimate of drug-likeness (QED) is 0.339. The van der Waals surface area contributed by atoms with Crippen molar-refractivity contribution in [1.82, 2.24) is 15.0 Å². The molecule has 2 aromatic carbocycles. The summed E-state index contributed by atoms with van der Waals surface area (Å²) >= 11 is 0. The average Bonchev–Trinajstić information content (AvgIpc) is 3.27. The molecule has 11 heteroatoms. The Kier molecular flexibility index (Phi) is 7.10. The lowest BCUT2D eigenvalue weighted by molar-refractivity contribution is -0.384. The van der Waals surface area contributed by atoms with Crippen LogP contribution in [0.4, 0.5) is 18.9 Å². The maximum Gasteiger partial charge on any atom is 0.416 e. The second kappa shape index (κ2) is 9.80. The summed E-state index contributed by atoms with van der Waals surface area (Å²) in [5, 5.41) is 14.6. The van der Waals surface area contributed by atoms with Crippen molar-refractivity contribution in [3.63, 3.8) is 0 Å². The van der Waals surface area contributed by atoms with Crippen molar-refractivity contribution in [2.75, 3.05) is 6.54 Å². The third-order valence-electron chi connectivity index (χ3n) is 5.21. The van der Waals surface area contributed by atoms with Crippen LogP contribution in [0.25, 0.3) is 11.4 Å². The molecule has 0 radical (unpaired) electrons. The highest BCUT2D eigenvalue weighted by atomic mass is 19.4. The number of nitrogens with zero attached hydrogens (tertiary/aromatic N) is 4. The highest BCUT2D eigenvalue weighted by Crippen LogP contribution is 2.29. The normalized spacial score (nSPS) is 12.4. The zero-order chi connectivity index (χ0) is 24.2. The molecule has 1 atom stereocenters. The molecule has 0 saturated carbocycles. The van der Waals surface area contributed by atoms with Gasteiger partial charge in [-0.05, 0) is 49.7 Å². The number of carbonyl (C=O) groups excluding carboxylic acids is 1. The van der Waals surface area contributed by atoms with Crippen LogP contribution in [-0.4, -0.2) is 38.5 Å². The number of nitro benzene ring substituents is 1. The third-order valence-corrected chi connectivity index (χ3v) is 5.21. The maximum absolute atomic E-state index is 13.0. The monoisotopic (exact) mass is 462 g/mol. The van der Waals surface area contributed by atoms with Crippen LogP contribution in [0, 0.1) is 10.1 Å². The Labute approximate surface area is 187 Å². The van der Waals surface area contributed by atoms with Gasteiger partial charge in [0.15, 0.2) is 0 Å². The van der Waals surface area contributed by atoms with Gasteiger partial charge in [0, 0.05) is 42.3 Å². The van der Waals surface area contributed by atoms with Crippen molar-refractivity contribution in [2.45, 2.75) is 38.9 Å². The molecule has 0 spiro atoms. The Morgan fingerprint density at radius 1 is 1.15 bits per heavy atom. The van der Waals surface area contributed by atoms with Crippen molar-refractivity contribution in [3.8, 4) is 11.4 Å². The number of amides is 1. The van der Waals surface area contributed by atoms with Gasteiger partial charge in [0.25, 0.3) is 11.6 Å².